The molecule has 0 radical (unpaired) electrons. The van der Waals surface area contributed by atoms with Gasteiger partial charge in [-0.15, -0.1) is 32.9 Å². The van der Waals surface area contributed by atoms with E-state index in [2.05, 4.69) is 301 Å². The molecular formula is C106H66N10S2. The maximum Gasteiger partial charge on any atom is 0.164 e. The molecule has 0 aliphatic heterocycles. The second kappa shape index (κ2) is 30.9. The Morgan fingerprint density at radius 2 is 0.466 bits per heavy atom. The molecule has 22 rings (SSSR count). The van der Waals surface area contributed by atoms with Crippen molar-refractivity contribution in [3.8, 4) is 157 Å². The van der Waals surface area contributed by atoms with Crippen molar-refractivity contribution in [2.24, 2.45) is 0 Å². The Labute approximate surface area is 688 Å². The van der Waals surface area contributed by atoms with E-state index < -0.39 is 0 Å². The first-order chi connectivity index (χ1) is 58.4. The third-order valence-corrected chi connectivity index (χ3v) is 23.9. The van der Waals surface area contributed by atoms with Crippen LogP contribution in [-0.4, -0.2) is 50.1 Å². The van der Waals surface area contributed by atoms with Crippen LogP contribution in [0.5, 0.6) is 0 Å². The minimum Gasteiger partial charge on any atom is -0.243 e. The molecule has 0 fully saturated rings. The van der Waals surface area contributed by atoms with Crippen LogP contribution in [0, 0.1) is 0 Å². The minimum atomic E-state index is 0.629. The van der Waals surface area contributed by atoms with Gasteiger partial charge in [0, 0.05) is 58.9 Å². The van der Waals surface area contributed by atoms with Crippen LogP contribution < -0.4 is 0 Å². The highest BCUT2D eigenvalue weighted by Gasteiger charge is 2.20. The summed E-state index contributed by atoms with van der Waals surface area (Å²) in [6.45, 7) is 0. The number of fused-ring (bicyclic) bond motifs is 9. The van der Waals surface area contributed by atoms with Crippen LogP contribution in [0.4, 0.5) is 0 Å². The first kappa shape index (κ1) is 70.5. The van der Waals surface area contributed by atoms with E-state index in [0.717, 1.165) is 149 Å². The number of nitrogens with zero attached hydrogens (tertiary/aromatic N) is 10. The van der Waals surface area contributed by atoms with E-state index in [-0.39, 0.29) is 0 Å². The number of para-hydroxylation sites is 2. The van der Waals surface area contributed by atoms with Crippen LogP contribution in [0.3, 0.4) is 0 Å². The van der Waals surface area contributed by atoms with E-state index in [9.17, 15) is 0 Å². The lowest BCUT2D eigenvalue weighted by molar-refractivity contribution is 1.07. The maximum absolute atomic E-state index is 5.04. The summed E-state index contributed by atoms with van der Waals surface area (Å²) in [5.41, 5.74) is 28.6. The average Bonchev–Trinajstić information content (AvgIpc) is 1.64. The predicted octanol–water partition coefficient (Wildman–Crippen LogP) is 27.7. The molecule has 0 saturated heterocycles. The summed E-state index contributed by atoms with van der Waals surface area (Å²) in [6, 6.07) is 139. The largest absolute Gasteiger partial charge is 0.243 e. The zero-order chi connectivity index (χ0) is 78.2. The molecule has 12 heteroatoms. The maximum atomic E-state index is 5.04. The summed E-state index contributed by atoms with van der Waals surface area (Å²) in [5.74, 6) is 3.81. The van der Waals surface area contributed by atoms with Crippen LogP contribution in [0.15, 0.2) is 400 Å². The Kier molecular flexibility index (Phi) is 18.4. The number of hydrogen-bond donors (Lipinski definition) is 0. The molecule has 6 aromatic heterocycles. The Balaban J connectivity index is 0.000000147. The zero-order valence-electron chi connectivity index (χ0n) is 63.4. The Hall–Kier alpha value is -15.3. The SMILES string of the molecule is c1ccc(-c2ccc(-c3nc(-c4ccccc4)nc(-c4cccc(-c5ccc(-c6cccc(-c7ccc8sc9c%10ccccc%10nnc9c8c7)c6)cc5)c4)n3)cc2)cc1.c1ccc(-c2ccc(-c3nc(-c4ccccc4)nc(-c4cccc(-c5ccc(-c6cccc(-c7cccc8c7sc7nc9ccccc9nc78)c6)cc5)c4)n3)cc2)cc1. The van der Waals surface area contributed by atoms with Gasteiger partial charge in [0.1, 0.15) is 15.9 Å². The van der Waals surface area contributed by atoms with E-state index in [1.807, 2.05) is 109 Å². The van der Waals surface area contributed by atoms with E-state index in [0.29, 0.717) is 34.9 Å². The van der Waals surface area contributed by atoms with Crippen LogP contribution >= 0.6 is 22.7 Å². The molecule has 0 bridgehead atoms. The molecule has 0 unspecified atom stereocenters. The molecular weight excluding hydrogens is 1480 g/mol. The van der Waals surface area contributed by atoms with Crippen molar-refractivity contribution in [1.29, 1.82) is 0 Å². The molecule has 0 spiro atoms. The highest BCUT2D eigenvalue weighted by molar-refractivity contribution is 7.26. The second-order valence-electron chi connectivity index (χ2n) is 29.1. The summed E-state index contributed by atoms with van der Waals surface area (Å²) in [4.78, 5) is 40.9. The van der Waals surface area contributed by atoms with Crippen LogP contribution in [0.25, 0.3) is 220 Å². The Morgan fingerprint density at radius 1 is 0.161 bits per heavy atom. The van der Waals surface area contributed by atoms with Gasteiger partial charge in [-0.05, 0) is 144 Å². The van der Waals surface area contributed by atoms with Gasteiger partial charge >= 0.3 is 0 Å². The lowest BCUT2D eigenvalue weighted by Gasteiger charge is -2.11. The number of hydrogen-bond acceptors (Lipinski definition) is 12. The van der Waals surface area contributed by atoms with Crippen molar-refractivity contribution in [2.45, 2.75) is 0 Å². The third kappa shape index (κ3) is 14.1. The summed E-state index contributed by atoms with van der Waals surface area (Å²) >= 11 is 3.49. The van der Waals surface area contributed by atoms with Gasteiger partial charge in [0.05, 0.1) is 21.3 Å². The van der Waals surface area contributed by atoms with Gasteiger partial charge in [-0.3, -0.25) is 0 Å². The Bertz CT molecular complexity index is 7510. The highest BCUT2D eigenvalue weighted by atomic mass is 32.1. The van der Waals surface area contributed by atoms with Crippen molar-refractivity contribution in [3.05, 3.63) is 400 Å². The van der Waals surface area contributed by atoms with Crippen LogP contribution in [0.2, 0.25) is 0 Å². The molecule has 22 aromatic rings. The quantitative estimate of drug-likeness (QED) is 0.104. The lowest BCUT2D eigenvalue weighted by atomic mass is 9.96. The van der Waals surface area contributed by atoms with Gasteiger partial charge in [-0.2, -0.15) is 0 Å². The molecule has 0 amide bonds. The van der Waals surface area contributed by atoms with Crippen LogP contribution in [0.1, 0.15) is 0 Å². The average molecular weight is 1540 g/mol. The topological polar surface area (TPSA) is 129 Å². The standard InChI is InChI=1S/2C53H33N5S/c1-3-12-34(13-4-1)35-28-30-39(31-29-35)51-56-50(38-14-5-2-6-15-38)57-52(58-51)43-19-10-17-41(33-43)37-26-24-36(25-27-37)40-16-9-18-42(32-40)44-20-11-21-45-48-53(59-49(44)45)55-47-23-8-7-22-46(47)54-48;1-3-11-34(12-4-1)35-25-27-39(28-26-35)52-54-51(38-13-5-2-6-14-38)55-53(56-52)44-18-10-16-41(32-44)37-23-21-36(22-24-37)40-15-9-17-42(31-40)43-29-30-48-46(33-43)49-50(59-48)45-19-7-8-20-47(45)57-58-49/h2*1-33H. The number of benzene rings is 16. The fraction of sp³-hybridized carbons (Fsp3) is 0. The van der Waals surface area contributed by atoms with Gasteiger partial charge in [0.25, 0.3) is 0 Å². The predicted molar refractivity (Wildman–Crippen MR) is 488 cm³/mol. The van der Waals surface area contributed by atoms with Crippen LogP contribution in [-0.2, 0) is 0 Å². The highest BCUT2D eigenvalue weighted by Crippen LogP contribution is 2.43. The molecule has 0 saturated carbocycles. The van der Waals surface area contributed by atoms with Gasteiger partial charge in [-0.1, -0.05) is 346 Å². The summed E-state index contributed by atoms with van der Waals surface area (Å²) in [6.07, 6.45) is 0. The molecule has 16 aromatic carbocycles. The molecule has 10 nitrogen and oxygen atoms in total. The molecule has 0 aliphatic rings. The van der Waals surface area contributed by atoms with E-state index in [1.165, 1.54) is 36.4 Å². The van der Waals surface area contributed by atoms with Crippen molar-refractivity contribution in [1.82, 2.24) is 50.1 Å². The summed E-state index contributed by atoms with van der Waals surface area (Å²) in [7, 11) is 0. The van der Waals surface area contributed by atoms with Crippen molar-refractivity contribution >= 4 is 85.3 Å². The van der Waals surface area contributed by atoms with E-state index in [4.69, 9.17) is 39.9 Å². The van der Waals surface area contributed by atoms with Crippen molar-refractivity contribution in [2.75, 3.05) is 0 Å². The smallest absolute Gasteiger partial charge is 0.164 e. The van der Waals surface area contributed by atoms with E-state index in [1.54, 1.807) is 22.7 Å². The third-order valence-electron chi connectivity index (χ3n) is 21.6. The van der Waals surface area contributed by atoms with Gasteiger partial charge in [-0.25, -0.2) is 39.9 Å². The fourth-order valence-corrected chi connectivity index (χ4v) is 17.8. The van der Waals surface area contributed by atoms with E-state index >= 15 is 0 Å². The zero-order valence-corrected chi connectivity index (χ0v) is 65.0. The van der Waals surface area contributed by atoms with Gasteiger partial charge < -0.3 is 0 Å². The Morgan fingerprint density at radius 3 is 0.941 bits per heavy atom. The second-order valence-corrected chi connectivity index (χ2v) is 31.1. The first-order valence-electron chi connectivity index (χ1n) is 39.1. The molecule has 552 valence electrons. The monoisotopic (exact) mass is 1540 g/mol. The first-order valence-corrected chi connectivity index (χ1v) is 40.8. The van der Waals surface area contributed by atoms with Gasteiger partial charge in [0.2, 0.25) is 0 Å². The summed E-state index contributed by atoms with van der Waals surface area (Å²) in [5, 5.41) is 12.6. The summed E-state index contributed by atoms with van der Waals surface area (Å²) < 4.78 is 3.60. The fourth-order valence-electron chi connectivity index (χ4n) is 15.5. The van der Waals surface area contributed by atoms with Gasteiger partial charge in [0.15, 0.2) is 34.9 Å². The number of rotatable bonds is 14. The molecule has 118 heavy (non-hydrogen) atoms. The normalized spacial score (nSPS) is 11.4. The number of aromatic nitrogens is 10. The lowest BCUT2D eigenvalue weighted by Crippen LogP contribution is -2.00. The van der Waals surface area contributed by atoms with Crippen molar-refractivity contribution in [3.63, 3.8) is 0 Å². The number of thiophene rings is 2. The molecule has 0 atom stereocenters. The molecule has 0 aliphatic carbocycles. The molecule has 0 N–H and O–H groups in total. The minimum absolute atomic E-state index is 0.629. The molecule has 6 heterocycles. The van der Waals surface area contributed by atoms with Crippen molar-refractivity contribution < 1.29 is 0 Å².